The average Bonchev–Trinajstić information content (AvgIpc) is 3.30. The molecule has 32 heavy (non-hydrogen) atoms. The third kappa shape index (κ3) is 4.56. The number of nitrogens with zero attached hydrogens (tertiary/aromatic N) is 3. The number of hydrogen-bond acceptors (Lipinski definition) is 4. The third-order valence-corrected chi connectivity index (χ3v) is 4.54. The number of rotatable bonds is 4. The Labute approximate surface area is 178 Å². The normalized spacial score (nSPS) is 11.2. The van der Waals surface area contributed by atoms with Crippen molar-refractivity contribution in [3.8, 4) is 22.5 Å². The van der Waals surface area contributed by atoms with Gasteiger partial charge in [-0.3, -0.25) is 0 Å². The maximum absolute atomic E-state index is 13.8. The number of nitrogens with one attached hydrogen (secondary N) is 3. The van der Waals surface area contributed by atoms with Crippen molar-refractivity contribution in [3.05, 3.63) is 78.1 Å². The van der Waals surface area contributed by atoms with Crippen LogP contribution in [0, 0.1) is 5.82 Å². The minimum atomic E-state index is -4.44. The number of benzene rings is 3. The molecule has 1 aromatic heterocycles. The highest BCUT2D eigenvalue weighted by molar-refractivity contribution is 6.02. The van der Waals surface area contributed by atoms with Gasteiger partial charge in [-0.05, 0) is 58.0 Å². The van der Waals surface area contributed by atoms with Crippen LogP contribution in [-0.2, 0) is 6.18 Å². The molecule has 2 amide bonds. The predicted molar refractivity (Wildman–Crippen MR) is 109 cm³/mol. The Morgan fingerprint density at radius 2 is 1.56 bits per heavy atom. The van der Waals surface area contributed by atoms with E-state index < -0.39 is 23.6 Å². The topological polar surface area (TPSA) is 95.6 Å². The minimum absolute atomic E-state index is 0.00532. The zero-order chi connectivity index (χ0) is 22.7. The first kappa shape index (κ1) is 21.0. The molecule has 1 heterocycles. The molecule has 0 aliphatic heterocycles. The molecule has 3 aromatic carbocycles. The maximum Gasteiger partial charge on any atom is 0.416 e. The molecule has 0 saturated heterocycles. The first-order valence-corrected chi connectivity index (χ1v) is 9.19. The first-order valence-electron chi connectivity index (χ1n) is 9.19. The van der Waals surface area contributed by atoms with Crippen LogP contribution in [0.2, 0.25) is 0 Å². The van der Waals surface area contributed by atoms with Crippen LogP contribution in [0.3, 0.4) is 0 Å². The summed E-state index contributed by atoms with van der Waals surface area (Å²) >= 11 is 0. The molecule has 4 rings (SSSR count). The van der Waals surface area contributed by atoms with Crippen LogP contribution in [-0.4, -0.2) is 26.7 Å². The second-order valence-electron chi connectivity index (χ2n) is 6.64. The monoisotopic (exact) mass is 442 g/mol. The number of tetrazole rings is 1. The van der Waals surface area contributed by atoms with Gasteiger partial charge in [-0.2, -0.15) is 13.2 Å². The lowest BCUT2D eigenvalue weighted by molar-refractivity contribution is -0.137. The molecule has 0 aliphatic rings. The van der Waals surface area contributed by atoms with Gasteiger partial charge in [0.2, 0.25) is 0 Å². The third-order valence-electron chi connectivity index (χ3n) is 4.54. The number of aromatic nitrogens is 4. The summed E-state index contributed by atoms with van der Waals surface area (Å²) in [6.45, 7) is 0. The number of amides is 2. The van der Waals surface area contributed by atoms with Crippen molar-refractivity contribution in [1.82, 2.24) is 20.6 Å². The number of anilines is 2. The fourth-order valence-electron chi connectivity index (χ4n) is 2.99. The van der Waals surface area contributed by atoms with E-state index in [2.05, 4.69) is 31.3 Å². The summed E-state index contributed by atoms with van der Waals surface area (Å²) in [5.74, 6) is -0.375. The number of para-hydroxylation sites is 1. The average molecular weight is 442 g/mol. The van der Waals surface area contributed by atoms with Gasteiger partial charge < -0.3 is 10.6 Å². The quantitative estimate of drug-likeness (QED) is 0.372. The van der Waals surface area contributed by atoms with Gasteiger partial charge in [0.05, 0.1) is 16.9 Å². The summed E-state index contributed by atoms with van der Waals surface area (Å²) in [6, 6.07) is 14.4. The Hall–Kier alpha value is -4.28. The number of urea groups is 1. The predicted octanol–water partition coefficient (Wildman–Crippen LogP) is 5.34. The number of halogens is 4. The fraction of sp³-hybridized carbons (Fsp3) is 0.0476. The van der Waals surface area contributed by atoms with Crippen LogP contribution in [0.15, 0.2) is 66.7 Å². The van der Waals surface area contributed by atoms with Crippen LogP contribution >= 0.6 is 0 Å². The van der Waals surface area contributed by atoms with E-state index in [-0.39, 0.29) is 11.5 Å². The van der Waals surface area contributed by atoms with E-state index in [9.17, 15) is 22.4 Å². The van der Waals surface area contributed by atoms with Crippen molar-refractivity contribution < 1.29 is 22.4 Å². The number of aromatic amines is 1. The Kier molecular flexibility index (Phi) is 5.54. The molecular formula is C21H14F4N6O. The Morgan fingerprint density at radius 1 is 0.875 bits per heavy atom. The number of alkyl halides is 3. The number of H-pyrrole nitrogens is 1. The van der Waals surface area contributed by atoms with E-state index in [4.69, 9.17) is 0 Å². The SMILES string of the molecule is O=C(Nc1ccccc1F)Nc1ccc(-c2ccc(C(F)(F)F)cc2)cc1-c1nnn[nH]1. The second-order valence-corrected chi connectivity index (χ2v) is 6.64. The zero-order valence-corrected chi connectivity index (χ0v) is 16.1. The zero-order valence-electron chi connectivity index (χ0n) is 16.1. The smallest absolute Gasteiger partial charge is 0.307 e. The van der Waals surface area contributed by atoms with Gasteiger partial charge in [0.25, 0.3) is 0 Å². The highest BCUT2D eigenvalue weighted by atomic mass is 19.4. The molecule has 162 valence electrons. The lowest BCUT2D eigenvalue weighted by Gasteiger charge is -2.13. The summed E-state index contributed by atoms with van der Waals surface area (Å²) in [6.07, 6.45) is -4.44. The highest BCUT2D eigenvalue weighted by Crippen LogP contribution is 2.34. The van der Waals surface area contributed by atoms with Crippen molar-refractivity contribution in [2.75, 3.05) is 10.6 Å². The molecule has 0 unspecified atom stereocenters. The number of carbonyl (C=O) groups is 1. The number of carbonyl (C=O) groups excluding carboxylic acids is 1. The van der Waals surface area contributed by atoms with Crippen molar-refractivity contribution in [3.63, 3.8) is 0 Å². The summed E-state index contributed by atoms with van der Waals surface area (Å²) < 4.78 is 52.3. The largest absolute Gasteiger partial charge is 0.416 e. The molecule has 11 heteroatoms. The molecule has 0 fully saturated rings. The van der Waals surface area contributed by atoms with Crippen LogP contribution in [0.4, 0.5) is 33.7 Å². The van der Waals surface area contributed by atoms with E-state index in [0.29, 0.717) is 22.4 Å². The minimum Gasteiger partial charge on any atom is -0.307 e. The molecule has 0 spiro atoms. The van der Waals surface area contributed by atoms with E-state index in [1.165, 1.54) is 30.3 Å². The van der Waals surface area contributed by atoms with Crippen molar-refractivity contribution in [2.45, 2.75) is 6.18 Å². The van der Waals surface area contributed by atoms with E-state index in [0.717, 1.165) is 12.1 Å². The van der Waals surface area contributed by atoms with Crippen LogP contribution in [0.25, 0.3) is 22.5 Å². The standard InChI is InChI=1S/C21H14F4N6O/c22-16-3-1-2-4-18(16)27-20(32)26-17-10-7-13(11-15(17)19-28-30-31-29-19)12-5-8-14(9-6-12)21(23,24)25/h1-11H,(H2,26,27,32)(H,28,29,30,31). The highest BCUT2D eigenvalue weighted by Gasteiger charge is 2.30. The van der Waals surface area contributed by atoms with Gasteiger partial charge in [-0.15, -0.1) is 5.10 Å². The van der Waals surface area contributed by atoms with Gasteiger partial charge in [0.15, 0.2) is 5.82 Å². The Morgan fingerprint density at radius 3 is 2.22 bits per heavy atom. The maximum atomic E-state index is 13.8. The molecule has 0 bridgehead atoms. The number of hydrogen-bond donors (Lipinski definition) is 3. The van der Waals surface area contributed by atoms with Gasteiger partial charge in [-0.25, -0.2) is 14.3 Å². The summed E-state index contributed by atoms with van der Waals surface area (Å²) in [5, 5.41) is 18.5. The Bertz CT molecular complexity index is 1240. The van der Waals surface area contributed by atoms with E-state index >= 15 is 0 Å². The molecule has 0 saturated carbocycles. The molecule has 3 N–H and O–H groups in total. The summed E-state index contributed by atoms with van der Waals surface area (Å²) in [7, 11) is 0. The molecule has 0 radical (unpaired) electrons. The van der Waals surface area contributed by atoms with Gasteiger partial charge in [-0.1, -0.05) is 30.3 Å². The van der Waals surface area contributed by atoms with Crippen molar-refractivity contribution in [2.24, 2.45) is 0 Å². The van der Waals surface area contributed by atoms with Gasteiger partial charge in [0, 0.05) is 5.56 Å². The second kappa shape index (κ2) is 8.46. The summed E-state index contributed by atoms with van der Waals surface area (Å²) in [5.41, 5.74) is 1.02. The molecule has 4 aromatic rings. The van der Waals surface area contributed by atoms with Crippen molar-refractivity contribution >= 4 is 17.4 Å². The van der Waals surface area contributed by atoms with Crippen molar-refractivity contribution in [1.29, 1.82) is 0 Å². The molecule has 0 atom stereocenters. The van der Waals surface area contributed by atoms with Gasteiger partial charge >= 0.3 is 12.2 Å². The lowest BCUT2D eigenvalue weighted by Crippen LogP contribution is -2.20. The van der Waals surface area contributed by atoms with Gasteiger partial charge in [0.1, 0.15) is 5.82 Å². The fourth-order valence-corrected chi connectivity index (χ4v) is 2.99. The first-order chi connectivity index (χ1) is 15.3. The van der Waals surface area contributed by atoms with Crippen LogP contribution in [0.1, 0.15) is 5.56 Å². The Balaban J connectivity index is 1.64. The molecule has 0 aliphatic carbocycles. The lowest BCUT2D eigenvalue weighted by atomic mass is 10.00. The van der Waals surface area contributed by atoms with E-state index in [1.54, 1.807) is 24.3 Å². The molecular weight excluding hydrogens is 428 g/mol. The van der Waals surface area contributed by atoms with Crippen LogP contribution < -0.4 is 10.6 Å². The summed E-state index contributed by atoms with van der Waals surface area (Å²) in [4.78, 5) is 12.4. The van der Waals surface area contributed by atoms with E-state index in [1.807, 2.05) is 0 Å². The van der Waals surface area contributed by atoms with Crippen LogP contribution in [0.5, 0.6) is 0 Å². The molecule has 7 nitrogen and oxygen atoms in total.